The second-order valence-corrected chi connectivity index (χ2v) is 6.92. The number of aliphatic imine (C=N–C) groups is 1. The van der Waals surface area contributed by atoms with Crippen molar-refractivity contribution in [3.05, 3.63) is 107 Å². The first-order chi connectivity index (χ1) is 12.3. The first-order valence-corrected chi connectivity index (χ1v) is 9.04. The summed E-state index contributed by atoms with van der Waals surface area (Å²) in [6.07, 6.45) is 3.13. The van der Waals surface area contributed by atoms with Gasteiger partial charge in [0, 0.05) is 6.21 Å². The van der Waals surface area contributed by atoms with Crippen LogP contribution in [0.3, 0.4) is 0 Å². The van der Waals surface area contributed by atoms with Crippen molar-refractivity contribution in [1.29, 1.82) is 0 Å². The van der Waals surface area contributed by atoms with E-state index in [0.717, 1.165) is 6.42 Å². The van der Waals surface area contributed by atoms with Gasteiger partial charge in [0.2, 0.25) is 0 Å². The van der Waals surface area contributed by atoms with Crippen LogP contribution in [0, 0.1) is 5.92 Å². The molecule has 1 heteroatoms. The Bertz CT molecular complexity index is 852. The lowest BCUT2D eigenvalue weighted by Crippen LogP contribution is -2.18. The third kappa shape index (κ3) is 3.28. The molecule has 3 atom stereocenters. The third-order valence-electron chi connectivity index (χ3n) is 5.34. The molecule has 1 heterocycles. The fourth-order valence-corrected chi connectivity index (χ4v) is 3.97. The molecular weight excluding hydrogens is 302 g/mol. The molecule has 25 heavy (non-hydrogen) atoms. The molecule has 0 aromatic heterocycles. The van der Waals surface area contributed by atoms with E-state index in [2.05, 4.69) is 98.1 Å². The molecule has 124 valence electrons. The van der Waals surface area contributed by atoms with Crippen molar-refractivity contribution in [3.63, 3.8) is 0 Å². The van der Waals surface area contributed by atoms with Gasteiger partial charge in [-0.05, 0) is 40.5 Å². The van der Waals surface area contributed by atoms with Crippen LogP contribution in [-0.2, 0) is 6.42 Å². The maximum atomic E-state index is 4.98. The van der Waals surface area contributed by atoms with Gasteiger partial charge in [0.05, 0.1) is 6.04 Å². The van der Waals surface area contributed by atoms with Gasteiger partial charge in [-0.25, -0.2) is 0 Å². The van der Waals surface area contributed by atoms with E-state index >= 15 is 0 Å². The van der Waals surface area contributed by atoms with Gasteiger partial charge in [-0.1, -0.05) is 91.9 Å². The second kappa shape index (κ2) is 7.06. The summed E-state index contributed by atoms with van der Waals surface area (Å²) in [6.45, 7) is 2.35. The Kier molecular flexibility index (Phi) is 4.47. The predicted molar refractivity (Wildman–Crippen MR) is 105 cm³/mol. The minimum absolute atomic E-state index is 0.197. The Labute approximate surface area is 150 Å². The number of benzene rings is 3. The summed E-state index contributed by atoms with van der Waals surface area (Å²) < 4.78 is 0. The van der Waals surface area contributed by atoms with Crippen LogP contribution in [0.1, 0.15) is 41.1 Å². The van der Waals surface area contributed by atoms with Crippen LogP contribution in [0.2, 0.25) is 0 Å². The monoisotopic (exact) mass is 325 g/mol. The lowest BCUT2D eigenvalue weighted by molar-refractivity contribution is 0.389. The maximum Gasteiger partial charge on any atom is 0.0780 e. The van der Waals surface area contributed by atoms with Gasteiger partial charge in [0.15, 0.2) is 0 Å². The molecule has 0 aliphatic carbocycles. The highest BCUT2D eigenvalue weighted by Gasteiger charge is 2.31. The Balaban J connectivity index is 1.76. The smallest absolute Gasteiger partial charge is 0.0780 e. The molecule has 1 nitrogen and oxygen atoms in total. The van der Waals surface area contributed by atoms with Crippen LogP contribution in [0.15, 0.2) is 89.9 Å². The van der Waals surface area contributed by atoms with Crippen LogP contribution in [-0.4, -0.2) is 6.21 Å². The van der Waals surface area contributed by atoms with Gasteiger partial charge in [0.25, 0.3) is 0 Å². The minimum Gasteiger partial charge on any atom is -0.284 e. The van der Waals surface area contributed by atoms with Crippen LogP contribution in [0.4, 0.5) is 0 Å². The fourth-order valence-electron chi connectivity index (χ4n) is 3.97. The Morgan fingerprint density at radius 2 is 1.40 bits per heavy atom. The van der Waals surface area contributed by atoms with Crippen molar-refractivity contribution in [1.82, 2.24) is 0 Å². The fraction of sp³-hybridized carbons (Fsp3) is 0.208. The van der Waals surface area contributed by atoms with Crippen molar-refractivity contribution in [3.8, 4) is 0 Å². The van der Waals surface area contributed by atoms with E-state index in [0.29, 0.717) is 11.8 Å². The second-order valence-electron chi connectivity index (χ2n) is 6.92. The zero-order valence-corrected chi connectivity index (χ0v) is 14.5. The summed E-state index contributed by atoms with van der Waals surface area (Å²) in [7, 11) is 0. The summed E-state index contributed by atoms with van der Waals surface area (Å²) in [5, 5.41) is 0. The Hall–Kier alpha value is -2.67. The molecule has 0 unspecified atom stereocenters. The van der Waals surface area contributed by atoms with Crippen LogP contribution >= 0.6 is 0 Å². The number of rotatable bonds is 3. The SMILES string of the molecule is C[C@H]1[C@H](Cc2ccccc2)c2ccccc2C=N[C@H]1c1ccccc1. The van der Waals surface area contributed by atoms with Gasteiger partial charge in [-0.15, -0.1) is 0 Å². The summed E-state index contributed by atoms with van der Waals surface area (Å²) >= 11 is 0. The maximum absolute atomic E-state index is 4.98. The molecule has 3 aromatic rings. The summed E-state index contributed by atoms with van der Waals surface area (Å²) in [5.41, 5.74) is 5.37. The minimum atomic E-state index is 0.197. The standard InChI is InChI=1S/C24H23N/c1-18-23(16-19-10-4-2-5-11-19)22-15-9-8-14-21(22)17-25-24(18)20-12-6-3-7-13-20/h2-15,17-18,23-24H,16H2,1H3/t18-,23-,24+/m0/s1. The van der Waals surface area contributed by atoms with Crippen LogP contribution in [0.25, 0.3) is 0 Å². The Morgan fingerprint density at radius 3 is 2.16 bits per heavy atom. The zero-order chi connectivity index (χ0) is 17.1. The molecule has 0 spiro atoms. The van der Waals surface area contributed by atoms with Crippen LogP contribution < -0.4 is 0 Å². The van der Waals surface area contributed by atoms with Crippen molar-refractivity contribution < 1.29 is 0 Å². The van der Waals surface area contributed by atoms with E-state index < -0.39 is 0 Å². The van der Waals surface area contributed by atoms with Gasteiger partial charge < -0.3 is 0 Å². The van der Waals surface area contributed by atoms with Gasteiger partial charge >= 0.3 is 0 Å². The van der Waals surface area contributed by atoms with Crippen molar-refractivity contribution >= 4 is 6.21 Å². The average molecular weight is 325 g/mol. The van der Waals surface area contributed by atoms with Gasteiger partial charge in [0.1, 0.15) is 0 Å². The molecule has 0 saturated heterocycles. The summed E-state index contributed by atoms with van der Waals surface area (Å²) in [5.74, 6) is 0.883. The first-order valence-electron chi connectivity index (χ1n) is 9.04. The average Bonchev–Trinajstić information content (AvgIpc) is 2.81. The largest absolute Gasteiger partial charge is 0.284 e. The quantitative estimate of drug-likeness (QED) is 0.575. The molecule has 0 fully saturated rings. The molecule has 0 bridgehead atoms. The highest BCUT2D eigenvalue weighted by atomic mass is 14.8. The molecule has 0 N–H and O–H groups in total. The van der Waals surface area contributed by atoms with Crippen molar-refractivity contribution in [2.45, 2.75) is 25.3 Å². The molecule has 0 saturated carbocycles. The number of hydrogen-bond acceptors (Lipinski definition) is 1. The van der Waals surface area contributed by atoms with E-state index in [9.17, 15) is 0 Å². The van der Waals surface area contributed by atoms with Crippen LogP contribution in [0.5, 0.6) is 0 Å². The number of nitrogens with zero attached hydrogens (tertiary/aromatic N) is 1. The lowest BCUT2D eigenvalue weighted by atomic mass is 9.77. The molecule has 3 aromatic carbocycles. The summed E-state index contributed by atoms with van der Waals surface area (Å²) in [6, 6.07) is 30.5. The highest BCUT2D eigenvalue weighted by molar-refractivity contribution is 5.83. The lowest BCUT2D eigenvalue weighted by Gasteiger charge is -2.28. The zero-order valence-electron chi connectivity index (χ0n) is 14.5. The number of hydrogen-bond donors (Lipinski definition) is 0. The molecule has 1 aliphatic heterocycles. The van der Waals surface area contributed by atoms with Gasteiger partial charge in [-0.2, -0.15) is 0 Å². The van der Waals surface area contributed by atoms with E-state index in [4.69, 9.17) is 4.99 Å². The van der Waals surface area contributed by atoms with E-state index in [1.807, 2.05) is 0 Å². The van der Waals surface area contributed by atoms with E-state index in [-0.39, 0.29) is 6.04 Å². The molecule has 1 aliphatic rings. The Morgan fingerprint density at radius 1 is 0.760 bits per heavy atom. The molecular formula is C24H23N. The summed E-state index contributed by atoms with van der Waals surface area (Å²) in [4.78, 5) is 4.98. The molecule has 0 amide bonds. The molecule has 4 rings (SSSR count). The third-order valence-corrected chi connectivity index (χ3v) is 5.34. The van der Waals surface area contributed by atoms with Crippen molar-refractivity contribution in [2.75, 3.05) is 0 Å². The van der Waals surface area contributed by atoms with Crippen molar-refractivity contribution in [2.24, 2.45) is 10.9 Å². The number of fused-ring (bicyclic) bond motifs is 1. The highest BCUT2D eigenvalue weighted by Crippen LogP contribution is 2.41. The predicted octanol–water partition coefficient (Wildman–Crippen LogP) is 5.82. The normalized spacial score (nSPS) is 22.2. The van der Waals surface area contributed by atoms with E-state index in [1.165, 1.54) is 22.3 Å². The first kappa shape index (κ1) is 15.8. The van der Waals surface area contributed by atoms with E-state index in [1.54, 1.807) is 0 Å². The molecule has 0 radical (unpaired) electrons. The van der Waals surface area contributed by atoms with Gasteiger partial charge in [-0.3, -0.25) is 4.99 Å². The topological polar surface area (TPSA) is 12.4 Å².